The number of nitrogens with one attached hydrogen (secondary N) is 2. The summed E-state index contributed by atoms with van der Waals surface area (Å²) in [6.07, 6.45) is -0.248. The van der Waals surface area contributed by atoms with Crippen LogP contribution in [-0.2, 0) is 11.0 Å². The van der Waals surface area contributed by atoms with Crippen molar-refractivity contribution in [3.05, 3.63) is 64.0 Å². The zero-order valence-corrected chi connectivity index (χ0v) is 20.3. The summed E-state index contributed by atoms with van der Waals surface area (Å²) >= 11 is 0. The van der Waals surface area contributed by atoms with Crippen LogP contribution in [0.2, 0.25) is 0 Å². The molecule has 4 rings (SSSR count). The highest BCUT2D eigenvalue weighted by atomic mass is 19.4. The summed E-state index contributed by atoms with van der Waals surface area (Å²) in [6, 6.07) is 9.32. The molecule has 1 aliphatic heterocycles. The largest absolute Gasteiger partial charge is 0.423 e. The number of anilines is 2. The Morgan fingerprint density at radius 3 is 2.24 bits per heavy atom. The zero-order chi connectivity index (χ0) is 26.6. The Bertz CT molecular complexity index is 1090. The van der Waals surface area contributed by atoms with E-state index in [1.807, 2.05) is 0 Å². The second-order valence-electron chi connectivity index (χ2n) is 9.83. The van der Waals surface area contributed by atoms with E-state index >= 15 is 0 Å². The van der Waals surface area contributed by atoms with Crippen molar-refractivity contribution in [2.24, 2.45) is 11.8 Å². The quantitative estimate of drug-likeness (QED) is 0.275. The molecule has 0 radical (unpaired) electrons. The number of nitro groups is 1. The van der Waals surface area contributed by atoms with Gasteiger partial charge in [-0.05, 0) is 80.8 Å². The van der Waals surface area contributed by atoms with E-state index in [0.717, 1.165) is 69.4 Å². The minimum atomic E-state index is -4.81. The van der Waals surface area contributed by atoms with Crippen molar-refractivity contribution in [2.45, 2.75) is 50.7 Å². The number of nitrogens with zero attached hydrogens (tertiary/aromatic N) is 2. The van der Waals surface area contributed by atoms with E-state index in [-0.39, 0.29) is 29.4 Å². The highest BCUT2D eigenvalue weighted by Gasteiger charge is 2.38. The predicted molar refractivity (Wildman–Crippen MR) is 132 cm³/mol. The summed E-state index contributed by atoms with van der Waals surface area (Å²) in [6.45, 7) is 2.04. The number of halogens is 4. The molecule has 2 aliphatic rings. The molecule has 1 aliphatic carbocycles. The number of nitro benzene ring substituents is 1. The molecular weight excluding hydrogens is 492 g/mol. The molecule has 2 aromatic carbocycles. The summed E-state index contributed by atoms with van der Waals surface area (Å²) in [5.41, 5.74) is -1.06. The van der Waals surface area contributed by atoms with Gasteiger partial charge in [0.15, 0.2) is 0 Å². The fraction of sp³-hybridized carbons (Fsp3) is 0.500. The molecule has 1 heterocycles. The number of carbonyl (C=O) groups is 1. The van der Waals surface area contributed by atoms with Gasteiger partial charge in [-0.25, -0.2) is 4.39 Å². The van der Waals surface area contributed by atoms with Crippen LogP contribution in [-0.4, -0.2) is 36.5 Å². The second-order valence-corrected chi connectivity index (χ2v) is 9.83. The zero-order valence-electron chi connectivity index (χ0n) is 20.3. The number of hydrogen-bond donors (Lipinski definition) is 2. The fourth-order valence-electron chi connectivity index (χ4n) is 5.20. The Kier molecular flexibility index (Phi) is 8.19. The van der Waals surface area contributed by atoms with Crippen molar-refractivity contribution in [3.8, 4) is 0 Å². The van der Waals surface area contributed by atoms with Crippen molar-refractivity contribution < 1.29 is 27.3 Å². The lowest BCUT2D eigenvalue weighted by Gasteiger charge is -2.34. The smallest absolute Gasteiger partial charge is 0.382 e. The van der Waals surface area contributed by atoms with Crippen LogP contribution in [0, 0.1) is 27.8 Å². The van der Waals surface area contributed by atoms with Gasteiger partial charge in [0.2, 0.25) is 5.91 Å². The van der Waals surface area contributed by atoms with Crippen molar-refractivity contribution in [1.82, 2.24) is 5.32 Å². The molecule has 37 heavy (non-hydrogen) atoms. The summed E-state index contributed by atoms with van der Waals surface area (Å²) in [5.74, 6) is 0.0119. The average molecular weight is 523 g/mol. The van der Waals surface area contributed by atoms with Crippen LogP contribution in [0.15, 0.2) is 42.5 Å². The van der Waals surface area contributed by atoms with Gasteiger partial charge in [0.25, 0.3) is 5.69 Å². The van der Waals surface area contributed by atoms with Crippen molar-refractivity contribution in [3.63, 3.8) is 0 Å². The summed E-state index contributed by atoms with van der Waals surface area (Å²) in [7, 11) is 0. The van der Waals surface area contributed by atoms with Crippen LogP contribution < -0.4 is 15.5 Å². The highest BCUT2D eigenvalue weighted by Crippen LogP contribution is 2.38. The number of benzene rings is 2. The number of piperidine rings is 1. The molecule has 2 fully saturated rings. The first-order valence-corrected chi connectivity index (χ1v) is 12.5. The molecule has 11 heteroatoms. The molecular formula is C26H30F4N4O3. The molecule has 0 bridgehead atoms. The van der Waals surface area contributed by atoms with Gasteiger partial charge in [0, 0.05) is 49.0 Å². The third-order valence-electron chi connectivity index (χ3n) is 7.34. The number of hydrogen-bond acceptors (Lipinski definition) is 5. The van der Waals surface area contributed by atoms with E-state index in [4.69, 9.17) is 0 Å². The second kappa shape index (κ2) is 11.4. The molecule has 200 valence electrons. The van der Waals surface area contributed by atoms with Crippen LogP contribution in [0.3, 0.4) is 0 Å². The maximum atomic E-state index is 13.2. The molecule has 0 unspecified atom stereocenters. The maximum absolute atomic E-state index is 13.2. The van der Waals surface area contributed by atoms with E-state index in [1.54, 1.807) is 12.1 Å². The van der Waals surface area contributed by atoms with Gasteiger partial charge in [0.1, 0.15) is 11.4 Å². The lowest BCUT2D eigenvalue weighted by Crippen LogP contribution is -2.42. The molecule has 0 spiro atoms. The Labute approximate surface area is 212 Å². The van der Waals surface area contributed by atoms with E-state index in [0.29, 0.717) is 12.5 Å². The third-order valence-corrected chi connectivity index (χ3v) is 7.34. The third kappa shape index (κ3) is 6.90. The van der Waals surface area contributed by atoms with E-state index in [1.165, 1.54) is 18.2 Å². The first-order valence-electron chi connectivity index (χ1n) is 12.5. The van der Waals surface area contributed by atoms with Gasteiger partial charge < -0.3 is 15.5 Å². The summed E-state index contributed by atoms with van der Waals surface area (Å²) < 4.78 is 52.8. The minimum Gasteiger partial charge on any atom is -0.382 e. The molecule has 0 aromatic heterocycles. The molecule has 2 aromatic rings. The standard InChI is InChI=1S/C26H30F4N4O3/c27-19-3-8-22(9-4-19)33-13-11-18(12-14-33)25(35)31-16-17-1-5-20(6-2-17)32-21-7-10-24(34(36)37)23(15-21)26(28,29)30/h3-4,7-10,15,17-18,20,32H,1-2,5-6,11-14,16H2,(H,31,35). The Hall–Kier alpha value is -3.37. The number of alkyl halides is 3. The van der Waals surface area contributed by atoms with Gasteiger partial charge in [-0.2, -0.15) is 13.2 Å². The molecule has 2 N–H and O–H groups in total. The normalized spacial score (nSPS) is 20.9. The first kappa shape index (κ1) is 26.7. The van der Waals surface area contributed by atoms with E-state index in [2.05, 4.69) is 15.5 Å². The Morgan fingerprint density at radius 2 is 1.65 bits per heavy atom. The Balaban J connectivity index is 1.20. The van der Waals surface area contributed by atoms with Crippen LogP contribution >= 0.6 is 0 Å². The lowest BCUT2D eigenvalue weighted by atomic mass is 9.85. The summed E-state index contributed by atoms with van der Waals surface area (Å²) in [4.78, 5) is 24.8. The fourth-order valence-corrected chi connectivity index (χ4v) is 5.20. The van der Waals surface area contributed by atoms with Gasteiger partial charge in [-0.1, -0.05) is 0 Å². The van der Waals surface area contributed by atoms with Crippen LogP contribution in [0.1, 0.15) is 44.1 Å². The van der Waals surface area contributed by atoms with E-state index in [9.17, 15) is 32.5 Å². The summed E-state index contributed by atoms with van der Waals surface area (Å²) in [5, 5.41) is 17.1. The average Bonchev–Trinajstić information content (AvgIpc) is 2.88. The van der Waals surface area contributed by atoms with Gasteiger partial charge >= 0.3 is 6.18 Å². The Morgan fingerprint density at radius 1 is 1.00 bits per heavy atom. The monoisotopic (exact) mass is 522 g/mol. The number of carbonyl (C=O) groups excluding carboxylic acids is 1. The molecule has 1 saturated carbocycles. The van der Waals surface area contributed by atoms with Crippen LogP contribution in [0.25, 0.3) is 0 Å². The molecule has 1 amide bonds. The molecule has 7 nitrogen and oxygen atoms in total. The first-order chi connectivity index (χ1) is 17.6. The van der Waals surface area contributed by atoms with Crippen molar-refractivity contribution in [2.75, 3.05) is 29.9 Å². The molecule has 0 atom stereocenters. The topological polar surface area (TPSA) is 87.5 Å². The van der Waals surface area contributed by atoms with Gasteiger partial charge in [0.05, 0.1) is 4.92 Å². The SMILES string of the molecule is O=C(NCC1CCC(Nc2ccc([N+](=O)[O-])c(C(F)(F)F)c2)CC1)C1CCN(c2ccc(F)cc2)CC1. The van der Waals surface area contributed by atoms with E-state index < -0.39 is 22.4 Å². The maximum Gasteiger partial charge on any atom is 0.423 e. The number of rotatable bonds is 7. The minimum absolute atomic E-state index is 0.0368. The van der Waals surface area contributed by atoms with Gasteiger partial charge in [-0.15, -0.1) is 0 Å². The van der Waals surface area contributed by atoms with Crippen molar-refractivity contribution >= 4 is 23.0 Å². The lowest BCUT2D eigenvalue weighted by molar-refractivity contribution is -0.388. The highest BCUT2D eigenvalue weighted by molar-refractivity contribution is 5.79. The number of amides is 1. The van der Waals surface area contributed by atoms with Gasteiger partial charge in [-0.3, -0.25) is 14.9 Å². The predicted octanol–water partition coefficient (Wildman–Crippen LogP) is 5.76. The van der Waals surface area contributed by atoms with Crippen molar-refractivity contribution in [1.29, 1.82) is 0 Å². The van der Waals surface area contributed by atoms with Crippen LogP contribution in [0.5, 0.6) is 0 Å². The molecule has 1 saturated heterocycles. The van der Waals surface area contributed by atoms with Crippen LogP contribution in [0.4, 0.5) is 34.6 Å².